The Labute approximate surface area is 163 Å². The van der Waals surface area contributed by atoms with Gasteiger partial charge in [0.15, 0.2) is 0 Å². The fourth-order valence-corrected chi connectivity index (χ4v) is 4.05. The number of benzene rings is 3. The molecule has 1 aliphatic heterocycles. The minimum atomic E-state index is 0.743. The Balaban J connectivity index is 1.50. The number of nitrogens with zero attached hydrogens (tertiary/aromatic N) is 3. The first-order valence-electron chi connectivity index (χ1n) is 9.49. The summed E-state index contributed by atoms with van der Waals surface area (Å²) in [6.07, 6.45) is 0.835. The van der Waals surface area contributed by atoms with Gasteiger partial charge in [-0.05, 0) is 22.4 Å². The normalized spacial score (nSPS) is 14.0. The Morgan fingerprint density at radius 2 is 1.82 bits per heavy atom. The summed E-state index contributed by atoms with van der Waals surface area (Å²) >= 11 is 0. The van der Waals surface area contributed by atoms with E-state index in [1.165, 1.54) is 10.8 Å². The molecule has 0 N–H and O–H groups in total. The van der Waals surface area contributed by atoms with Crippen LogP contribution in [-0.4, -0.2) is 16.6 Å². The maximum absolute atomic E-state index is 9.37. The van der Waals surface area contributed by atoms with E-state index in [2.05, 4.69) is 58.6 Å². The summed E-state index contributed by atoms with van der Waals surface area (Å²) < 4.78 is 5.70. The zero-order valence-corrected chi connectivity index (χ0v) is 15.4. The van der Waals surface area contributed by atoms with Gasteiger partial charge in [-0.25, -0.2) is 0 Å². The molecular weight excluding hydrogens is 346 g/mol. The Hall–Kier alpha value is -3.42. The number of aromatic nitrogens is 1. The zero-order valence-electron chi connectivity index (χ0n) is 15.4. The largest absolute Gasteiger partial charge is 0.360 e. The van der Waals surface area contributed by atoms with Crippen LogP contribution in [0.2, 0.25) is 0 Å². The topological polar surface area (TPSA) is 53.1 Å². The van der Waals surface area contributed by atoms with Crippen molar-refractivity contribution in [3.8, 4) is 17.3 Å². The monoisotopic (exact) mass is 365 g/mol. The molecule has 1 aromatic heterocycles. The second kappa shape index (κ2) is 6.95. The standard InChI is InChI=1S/C24H19N3O/c25-14-18-7-1-2-8-19(18)15-27-13-12-23-22(16-27)24(26-28-23)21-11-5-9-17-6-3-4-10-20(17)21/h1-11H,12-13,15-16H2. The molecule has 4 aromatic rings. The van der Waals surface area contributed by atoms with Gasteiger partial charge in [0.2, 0.25) is 0 Å². The van der Waals surface area contributed by atoms with E-state index in [0.29, 0.717) is 0 Å². The second-order valence-corrected chi connectivity index (χ2v) is 7.19. The average molecular weight is 365 g/mol. The minimum Gasteiger partial charge on any atom is -0.360 e. The molecule has 0 radical (unpaired) electrons. The van der Waals surface area contributed by atoms with Crippen molar-refractivity contribution in [2.75, 3.05) is 6.54 Å². The molecule has 0 spiro atoms. The van der Waals surface area contributed by atoms with Crippen LogP contribution >= 0.6 is 0 Å². The van der Waals surface area contributed by atoms with Gasteiger partial charge in [-0.2, -0.15) is 5.26 Å². The summed E-state index contributed by atoms with van der Waals surface area (Å²) in [7, 11) is 0. The van der Waals surface area contributed by atoms with Gasteiger partial charge in [-0.15, -0.1) is 0 Å². The van der Waals surface area contributed by atoms with Crippen LogP contribution in [0.1, 0.15) is 22.5 Å². The first-order chi connectivity index (χ1) is 13.8. The van der Waals surface area contributed by atoms with Crippen molar-refractivity contribution in [2.24, 2.45) is 0 Å². The van der Waals surface area contributed by atoms with Gasteiger partial charge in [0.05, 0.1) is 11.6 Å². The number of hydrogen-bond donors (Lipinski definition) is 0. The van der Waals surface area contributed by atoms with Gasteiger partial charge in [-0.3, -0.25) is 4.90 Å². The van der Waals surface area contributed by atoms with Crippen molar-refractivity contribution in [2.45, 2.75) is 19.5 Å². The van der Waals surface area contributed by atoms with Crippen LogP contribution in [0.4, 0.5) is 0 Å². The average Bonchev–Trinajstić information content (AvgIpc) is 3.17. The molecule has 28 heavy (non-hydrogen) atoms. The molecule has 4 nitrogen and oxygen atoms in total. The molecule has 3 aromatic carbocycles. The predicted octanol–water partition coefficient (Wildman–Crippen LogP) is 4.92. The van der Waals surface area contributed by atoms with Crippen molar-refractivity contribution in [1.29, 1.82) is 5.26 Å². The number of fused-ring (bicyclic) bond motifs is 2. The smallest absolute Gasteiger partial charge is 0.143 e. The van der Waals surface area contributed by atoms with Crippen LogP contribution in [0.25, 0.3) is 22.0 Å². The highest BCUT2D eigenvalue weighted by molar-refractivity contribution is 5.96. The zero-order chi connectivity index (χ0) is 18.9. The molecule has 4 heteroatoms. The summed E-state index contributed by atoms with van der Waals surface area (Å²) in [5.41, 5.74) is 5.02. The molecule has 0 amide bonds. The summed E-state index contributed by atoms with van der Waals surface area (Å²) in [6, 6.07) is 24.8. The van der Waals surface area contributed by atoms with E-state index in [-0.39, 0.29) is 0 Å². The van der Waals surface area contributed by atoms with E-state index in [1.807, 2.05) is 24.3 Å². The quantitative estimate of drug-likeness (QED) is 0.517. The maximum Gasteiger partial charge on any atom is 0.143 e. The second-order valence-electron chi connectivity index (χ2n) is 7.19. The highest BCUT2D eigenvalue weighted by Gasteiger charge is 2.26. The van der Waals surface area contributed by atoms with Crippen molar-refractivity contribution in [3.05, 3.63) is 89.2 Å². The van der Waals surface area contributed by atoms with Crippen LogP contribution in [0.5, 0.6) is 0 Å². The van der Waals surface area contributed by atoms with Gasteiger partial charge in [-0.1, -0.05) is 65.8 Å². The first kappa shape index (κ1) is 16.7. The molecule has 5 rings (SSSR count). The SMILES string of the molecule is N#Cc1ccccc1CN1CCc2onc(-c3cccc4ccccc34)c2C1. The summed E-state index contributed by atoms with van der Waals surface area (Å²) in [4.78, 5) is 2.37. The minimum absolute atomic E-state index is 0.743. The van der Waals surface area contributed by atoms with Crippen molar-refractivity contribution >= 4 is 10.8 Å². The molecule has 0 fully saturated rings. The van der Waals surface area contributed by atoms with Crippen LogP contribution in [0.3, 0.4) is 0 Å². The van der Waals surface area contributed by atoms with Crippen LogP contribution in [-0.2, 0) is 19.5 Å². The lowest BCUT2D eigenvalue weighted by molar-refractivity contribution is 0.228. The van der Waals surface area contributed by atoms with E-state index in [9.17, 15) is 5.26 Å². The summed E-state index contributed by atoms with van der Waals surface area (Å²) in [5, 5.41) is 16.2. The third-order valence-corrected chi connectivity index (χ3v) is 5.48. The Bertz CT molecular complexity index is 1200. The maximum atomic E-state index is 9.37. The predicted molar refractivity (Wildman–Crippen MR) is 108 cm³/mol. The molecular formula is C24H19N3O. The van der Waals surface area contributed by atoms with Gasteiger partial charge in [0.25, 0.3) is 0 Å². The van der Waals surface area contributed by atoms with E-state index in [1.54, 1.807) is 0 Å². The molecule has 0 saturated carbocycles. The summed E-state index contributed by atoms with van der Waals surface area (Å²) in [5.74, 6) is 0.979. The molecule has 136 valence electrons. The molecule has 0 atom stereocenters. The van der Waals surface area contributed by atoms with Crippen LogP contribution in [0.15, 0.2) is 71.3 Å². The van der Waals surface area contributed by atoms with E-state index in [4.69, 9.17) is 4.52 Å². The Morgan fingerprint density at radius 1 is 1.00 bits per heavy atom. The molecule has 0 aliphatic carbocycles. The van der Waals surface area contributed by atoms with Gasteiger partial charge in [0.1, 0.15) is 11.5 Å². The highest BCUT2D eigenvalue weighted by atomic mass is 16.5. The molecule has 0 bridgehead atoms. The van der Waals surface area contributed by atoms with Crippen LogP contribution < -0.4 is 0 Å². The number of nitriles is 1. The number of hydrogen-bond acceptors (Lipinski definition) is 4. The fourth-order valence-electron chi connectivity index (χ4n) is 4.05. The van der Waals surface area contributed by atoms with Crippen molar-refractivity contribution < 1.29 is 4.52 Å². The van der Waals surface area contributed by atoms with E-state index < -0.39 is 0 Å². The van der Waals surface area contributed by atoms with E-state index in [0.717, 1.165) is 59.8 Å². The molecule has 1 aliphatic rings. The van der Waals surface area contributed by atoms with E-state index >= 15 is 0 Å². The van der Waals surface area contributed by atoms with Gasteiger partial charge >= 0.3 is 0 Å². The third kappa shape index (κ3) is 2.87. The fraction of sp³-hybridized carbons (Fsp3) is 0.167. The lowest BCUT2D eigenvalue weighted by Gasteiger charge is -2.26. The van der Waals surface area contributed by atoms with Gasteiger partial charge < -0.3 is 4.52 Å². The van der Waals surface area contributed by atoms with Crippen molar-refractivity contribution in [1.82, 2.24) is 10.1 Å². The lowest BCUT2D eigenvalue weighted by atomic mass is 9.96. The number of rotatable bonds is 3. The lowest BCUT2D eigenvalue weighted by Crippen LogP contribution is -2.30. The van der Waals surface area contributed by atoms with Crippen molar-refractivity contribution in [3.63, 3.8) is 0 Å². The molecule has 0 unspecified atom stereocenters. The molecule has 0 saturated heterocycles. The Kier molecular flexibility index (Phi) is 4.16. The highest BCUT2D eigenvalue weighted by Crippen LogP contribution is 2.34. The summed E-state index contributed by atoms with van der Waals surface area (Å²) in [6.45, 7) is 2.43. The first-order valence-corrected chi connectivity index (χ1v) is 9.49. The van der Waals surface area contributed by atoms with Crippen LogP contribution in [0, 0.1) is 11.3 Å². The third-order valence-electron chi connectivity index (χ3n) is 5.48. The van der Waals surface area contributed by atoms with Gasteiger partial charge in [0, 0.05) is 37.2 Å². The Morgan fingerprint density at radius 3 is 2.75 bits per heavy atom. The molecule has 2 heterocycles.